The molecule has 4 heteroatoms. The first-order chi connectivity index (χ1) is 8.22. The maximum Gasteiger partial charge on any atom is 0.118 e. The van der Waals surface area contributed by atoms with Gasteiger partial charge >= 0.3 is 0 Å². The maximum atomic E-state index is 5.73. The van der Waals surface area contributed by atoms with Gasteiger partial charge in [0.2, 0.25) is 0 Å². The SMILES string of the molecule is CSCc1ccc(CNCC2(C)CCCS2)o1. The Hall–Kier alpha value is -0.0600. The predicted molar refractivity (Wildman–Crippen MR) is 77.7 cm³/mol. The van der Waals surface area contributed by atoms with Gasteiger partial charge < -0.3 is 9.73 Å². The first-order valence-electron chi connectivity index (χ1n) is 6.13. The largest absolute Gasteiger partial charge is 0.464 e. The molecular formula is C13H21NOS2. The Labute approximate surface area is 112 Å². The second kappa shape index (κ2) is 6.21. The molecule has 0 saturated carbocycles. The van der Waals surface area contributed by atoms with Gasteiger partial charge in [-0.25, -0.2) is 0 Å². The van der Waals surface area contributed by atoms with Crippen LogP contribution in [0.4, 0.5) is 0 Å². The summed E-state index contributed by atoms with van der Waals surface area (Å²) in [7, 11) is 0. The molecule has 96 valence electrons. The van der Waals surface area contributed by atoms with Crippen molar-refractivity contribution in [1.82, 2.24) is 5.32 Å². The first kappa shape index (κ1) is 13.4. The number of hydrogen-bond acceptors (Lipinski definition) is 4. The molecule has 2 heterocycles. The van der Waals surface area contributed by atoms with Gasteiger partial charge in [0.25, 0.3) is 0 Å². The highest BCUT2D eigenvalue weighted by atomic mass is 32.2. The van der Waals surface area contributed by atoms with E-state index in [1.54, 1.807) is 11.8 Å². The van der Waals surface area contributed by atoms with Crippen molar-refractivity contribution in [2.45, 2.75) is 36.8 Å². The topological polar surface area (TPSA) is 25.2 Å². The summed E-state index contributed by atoms with van der Waals surface area (Å²) >= 11 is 3.89. The Kier molecular flexibility index (Phi) is 4.88. The van der Waals surface area contributed by atoms with Crippen LogP contribution < -0.4 is 5.32 Å². The minimum atomic E-state index is 0.439. The van der Waals surface area contributed by atoms with Crippen molar-refractivity contribution >= 4 is 23.5 Å². The highest BCUT2D eigenvalue weighted by Gasteiger charge is 2.28. The van der Waals surface area contributed by atoms with Crippen molar-refractivity contribution in [2.75, 3.05) is 18.6 Å². The van der Waals surface area contributed by atoms with Gasteiger partial charge in [-0.2, -0.15) is 23.5 Å². The molecule has 0 amide bonds. The zero-order valence-electron chi connectivity index (χ0n) is 10.6. The van der Waals surface area contributed by atoms with Gasteiger partial charge in [0.05, 0.1) is 12.3 Å². The average molecular weight is 271 g/mol. The van der Waals surface area contributed by atoms with Crippen molar-refractivity contribution in [3.05, 3.63) is 23.7 Å². The third kappa shape index (κ3) is 3.97. The molecule has 2 nitrogen and oxygen atoms in total. The van der Waals surface area contributed by atoms with E-state index in [1.165, 1.54) is 18.6 Å². The minimum Gasteiger partial charge on any atom is -0.464 e. The Morgan fingerprint density at radius 2 is 2.29 bits per heavy atom. The smallest absolute Gasteiger partial charge is 0.118 e. The van der Waals surface area contributed by atoms with Gasteiger partial charge in [-0.15, -0.1) is 0 Å². The van der Waals surface area contributed by atoms with Gasteiger partial charge in [0, 0.05) is 11.3 Å². The summed E-state index contributed by atoms with van der Waals surface area (Å²) in [6, 6.07) is 4.17. The van der Waals surface area contributed by atoms with Crippen LogP contribution in [-0.2, 0) is 12.3 Å². The summed E-state index contributed by atoms with van der Waals surface area (Å²) in [4.78, 5) is 0. The van der Waals surface area contributed by atoms with E-state index in [0.717, 1.165) is 30.4 Å². The first-order valence-corrected chi connectivity index (χ1v) is 8.51. The highest BCUT2D eigenvalue weighted by molar-refractivity contribution is 8.00. The van der Waals surface area contributed by atoms with Crippen LogP contribution in [0, 0.1) is 0 Å². The van der Waals surface area contributed by atoms with Gasteiger partial charge in [0.1, 0.15) is 11.5 Å². The van der Waals surface area contributed by atoms with Crippen LogP contribution in [0.25, 0.3) is 0 Å². The number of nitrogens with one attached hydrogen (secondary N) is 1. The van der Waals surface area contributed by atoms with Crippen molar-refractivity contribution in [3.63, 3.8) is 0 Å². The molecule has 2 rings (SSSR count). The lowest BCUT2D eigenvalue weighted by Gasteiger charge is -2.22. The van der Waals surface area contributed by atoms with E-state index in [0.29, 0.717) is 4.75 Å². The van der Waals surface area contributed by atoms with E-state index in [1.807, 2.05) is 0 Å². The fourth-order valence-corrected chi connectivity index (χ4v) is 3.88. The molecule has 0 bridgehead atoms. The summed E-state index contributed by atoms with van der Waals surface area (Å²) in [5.74, 6) is 4.42. The molecule has 17 heavy (non-hydrogen) atoms. The molecule has 0 radical (unpaired) electrons. The lowest BCUT2D eigenvalue weighted by molar-refractivity contribution is 0.446. The Morgan fingerprint density at radius 3 is 3.00 bits per heavy atom. The van der Waals surface area contributed by atoms with Crippen LogP contribution in [0.15, 0.2) is 16.5 Å². The van der Waals surface area contributed by atoms with Crippen LogP contribution in [0.2, 0.25) is 0 Å². The van der Waals surface area contributed by atoms with Crippen LogP contribution in [-0.4, -0.2) is 23.3 Å². The standard InChI is InChI=1S/C13H21NOS2/c1-13(6-3-7-17-13)10-14-8-11-4-5-12(15-11)9-16-2/h4-5,14H,3,6-10H2,1-2H3. The Morgan fingerprint density at radius 1 is 1.47 bits per heavy atom. The molecule has 1 N–H and O–H groups in total. The molecule has 1 aliphatic heterocycles. The van der Waals surface area contributed by atoms with Crippen molar-refractivity contribution in [1.29, 1.82) is 0 Å². The number of hydrogen-bond donors (Lipinski definition) is 1. The molecule has 1 aliphatic rings. The van der Waals surface area contributed by atoms with Crippen molar-refractivity contribution < 1.29 is 4.42 Å². The average Bonchev–Trinajstić information content (AvgIpc) is 2.90. The molecule has 1 atom stereocenters. The maximum absolute atomic E-state index is 5.73. The van der Waals surface area contributed by atoms with E-state index in [4.69, 9.17) is 4.42 Å². The second-order valence-corrected chi connectivity index (χ2v) is 7.36. The lowest BCUT2D eigenvalue weighted by atomic mass is 10.1. The predicted octanol–water partition coefficient (Wildman–Crippen LogP) is 3.52. The molecule has 1 saturated heterocycles. The Bertz CT molecular complexity index is 345. The summed E-state index contributed by atoms with van der Waals surface area (Å²) in [5, 5.41) is 3.52. The summed E-state index contributed by atoms with van der Waals surface area (Å²) in [6.45, 7) is 4.29. The summed E-state index contributed by atoms with van der Waals surface area (Å²) in [5.41, 5.74) is 0. The second-order valence-electron chi connectivity index (χ2n) is 4.81. The lowest BCUT2D eigenvalue weighted by Crippen LogP contribution is -2.32. The van der Waals surface area contributed by atoms with Gasteiger partial charge in [-0.05, 0) is 43.9 Å². The summed E-state index contributed by atoms with van der Waals surface area (Å²) < 4.78 is 6.17. The van der Waals surface area contributed by atoms with Gasteiger partial charge in [0.15, 0.2) is 0 Å². The quantitative estimate of drug-likeness (QED) is 0.856. The monoisotopic (exact) mass is 271 g/mol. The molecule has 0 spiro atoms. The summed E-state index contributed by atoms with van der Waals surface area (Å²) in [6.07, 6.45) is 4.79. The zero-order chi connectivity index (χ0) is 12.1. The molecule has 1 aromatic rings. The molecule has 1 fully saturated rings. The highest BCUT2D eigenvalue weighted by Crippen LogP contribution is 2.36. The Balaban J connectivity index is 1.73. The normalized spacial score (nSPS) is 24.4. The zero-order valence-corrected chi connectivity index (χ0v) is 12.3. The molecular weight excluding hydrogens is 250 g/mol. The third-order valence-electron chi connectivity index (χ3n) is 3.10. The van der Waals surface area contributed by atoms with E-state index in [-0.39, 0.29) is 0 Å². The molecule has 0 aromatic carbocycles. The van der Waals surface area contributed by atoms with Crippen LogP contribution in [0.3, 0.4) is 0 Å². The minimum absolute atomic E-state index is 0.439. The number of furan rings is 1. The third-order valence-corrected chi connectivity index (χ3v) is 5.21. The van der Waals surface area contributed by atoms with E-state index in [9.17, 15) is 0 Å². The molecule has 1 aromatic heterocycles. The van der Waals surface area contributed by atoms with E-state index < -0.39 is 0 Å². The fourth-order valence-electron chi connectivity index (χ4n) is 2.16. The van der Waals surface area contributed by atoms with Crippen molar-refractivity contribution in [3.8, 4) is 0 Å². The fraction of sp³-hybridized carbons (Fsp3) is 0.692. The van der Waals surface area contributed by atoms with Crippen LogP contribution in [0.1, 0.15) is 31.3 Å². The van der Waals surface area contributed by atoms with Gasteiger partial charge in [-0.3, -0.25) is 0 Å². The van der Waals surface area contributed by atoms with Crippen molar-refractivity contribution in [2.24, 2.45) is 0 Å². The van der Waals surface area contributed by atoms with Gasteiger partial charge in [-0.1, -0.05) is 0 Å². The van der Waals surface area contributed by atoms with Crippen LogP contribution in [0.5, 0.6) is 0 Å². The molecule has 1 unspecified atom stereocenters. The van der Waals surface area contributed by atoms with E-state index in [2.05, 4.69) is 42.4 Å². The number of thioether (sulfide) groups is 2. The number of rotatable bonds is 6. The van der Waals surface area contributed by atoms with Crippen LogP contribution >= 0.6 is 23.5 Å². The van der Waals surface area contributed by atoms with E-state index >= 15 is 0 Å². The molecule has 0 aliphatic carbocycles.